The van der Waals surface area contributed by atoms with Gasteiger partial charge in [-0.25, -0.2) is 4.79 Å². The molecule has 0 radical (unpaired) electrons. The number of carbonyl (C=O) groups excluding carboxylic acids is 1. The van der Waals surface area contributed by atoms with Crippen molar-refractivity contribution in [2.75, 3.05) is 0 Å². The number of hydrogen-bond donors (Lipinski definition) is 0. The van der Waals surface area contributed by atoms with Gasteiger partial charge in [0.15, 0.2) is 0 Å². The summed E-state index contributed by atoms with van der Waals surface area (Å²) in [6.45, 7) is 4.22. The second-order valence-electron chi connectivity index (χ2n) is 13.9. The quantitative estimate of drug-likeness (QED) is 0.0517. The Morgan fingerprint density at radius 1 is 0.500 bits per heavy atom. The van der Waals surface area contributed by atoms with Crippen LogP contribution in [0.3, 0.4) is 0 Å². The van der Waals surface area contributed by atoms with Gasteiger partial charge in [0.25, 0.3) is 0 Å². The van der Waals surface area contributed by atoms with Crippen LogP contribution in [0.15, 0.2) is 11.6 Å². The third-order valence-electron chi connectivity index (χ3n) is 10.1. The van der Waals surface area contributed by atoms with Gasteiger partial charge in [-0.15, -0.1) is 0 Å². The van der Waals surface area contributed by atoms with Gasteiger partial charge < -0.3 is 18.9 Å². The van der Waals surface area contributed by atoms with E-state index < -0.39 is 0 Å². The Bertz CT molecular complexity index is 780. The third-order valence-corrected chi connectivity index (χ3v) is 10.1. The fourth-order valence-electron chi connectivity index (χ4n) is 7.09. The van der Waals surface area contributed by atoms with E-state index in [4.69, 9.17) is 18.9 Å². The molecule has 3 fully saturated rings. The second kappa shape index (κ2) is 19.5. The molecule has 0 unspecified atom stereocenters. The van der Waals surface area contributed by atoms with Crippen LogP contribution in [-0.2, 0) is 23.7 Å². The highest BCUT2D eigenvalue weighted by atomic mass is 16.6. The summed E-state index contributed by atoms with van der Waals surface area (Å²) in [5, 5.41) is 0. The first kappa shape index (κ1) is 34.0. The molecule has 0 aromatic heterocycles. The van der Waals surface area contributed by atoms with Crippen molar-refractivity contribution in [3.63, 3.8) is 0 Å². The molecule has 242 valence electrons. The zero-order valence-electron chi connectivity index (χ0n) is 27.3. The molecule has 0 aromatic carbocycles. The maximum absolute atomic E-state index is 11.6. The van der Waals surface area contributed by atoms with Crippen molar-refractivity contribution in [2.24, 2.45) is 0 Å². The Hall–Kier alpha value is -0.910. The van der Waals surface area contributed by atoms with Crippen LogP contribution in [0.5, 0.6) is 0 Å². The van der Waals surface area contributed by atoms with Gasteiger partial charge in [-0.3, -0.25) is 0 Å². The monoisotopic (exact) mass is 588 g/mol. The molecule has 0 aromatic rings. The predicted molar refractivity (Wildman–Crippen MR) is 171 cm³/mol. The van der Waals surface area contributed by atoms with Crippen molar-refractivity contribution >= 4 is 5.97 Å². The number of ether oxygens (including phenoxy) is 4. The SMILES string of the molecule is CCCCCCCCCC[C@@H]1O[C@@H]1CC[C@@H]1O[C@@H]1CC[C@@H]1O[C@@H]1CCCCCCCCCCCCC1=C[C@@H](C)OC1=O. The molecule has 0 aliphatic carbocycles. The molecule has 0 N–H and O–H groups in total. The molecule has 4 aliphatic heterocycles. The maximum Gasteiger partial charge on any atom is 0.334 e. The average molecular weight is 589 g/mol. The second-order valence-corrected chi connectivity index (χ2v) is 13.9. The van der Waals surface area contributed by atoms with Crippen LogP contribution >= 0.6 is 0 Å². The summed E-state index contributed by atoms with van der Waals surface area (Å²) in [6, 6.07) is 0. The zero-order valence-corrected chi connectivity index (χ0v) is 27.3. The molecule has 4 heterocycles. The summed E-state index contributed by atoms with van der Waals surface area (Å²) in [6.07, 6.45) is 37.5. The number of hydrogen-bond acceptors (Lipinski definition) is 5. The molecule has 5 nitrogen and oxygen atoms in total. The lowest BCUT2D eigenvalue weighted by molar-refractivity contribution is -0.139. The molecule has 42 heavy (non-hydrogen) atoms. The lowest BCUT2D eigenvalue weighted by atomic mass is 10.0. The number of rotatable bonds is 28. The summed E-state index contributed by atoms with van der Waals surface area (Å²) in [4.78, 5) is 11.6. The van der Waals surface area contributed by atoms with Crippen molar-refractivity contribution in [3.05, 3.63) is 11.6 Å². The van der Waals surface area contributed by atoms with E-state index in [9.17, 15) is 4.79 Å². The standard InChI is InChI=1S/C37H64O5/c1-3-4-5-6-7-13-16-19-22-31-33(40-31)24-26-35-36(42-35)27-25-34-32(41-34)23-20-17-14-11-9-8-10-12-15-18-21-30-28-29(2)39-37(30)38/h28-29,31-36H,3-27H2,1-2H3/t29-,31+,32-,33-,34+,35+,36-/m1/s1. The zero-order chi connectivity index (χ0) is 29.4. The maximum atomic E-state index is 11.6. The predicted octanol–water partition coefficient (Wildman–Crippen LogP) is 9.93. The Morgan fingerprint density at radius 3 is 1.24 bits per heavy atom. The number of carbonyl (C=O) groups is 1. The summed E-state index contributed by atoms with van der Waals surface area (Å²) in [5.74, 6) is -0.0973. The Morgan fingerprint density at radius 2 is 0.857 bits per heavy atom. The molecule has 4 rings (SSSR count). The smallest absolute Gasteiger partial charge is 0.334 e. The summed E-state index contributed by atoms with van der Waals surface area (Å²) >= 11 is 0. The van der Waals surface area contributed by atoms with E-state index in [1.54, 1.807) is 0 Å². The van der Waals surface area contributed by atoms with E-state index in [1.165, 1.54) is 148 Å². The van der Waals surface area contributed by atoms with E-state index in [0.29, 0.717) is 36.6 Å². The molecule has 0 spiro atoms. The fourth-order valence-corrected chi connectivity index (χ4v) is 7.09. The fraction of sp³-hybridized carbons (Fsp3) is 0.919. The molecular formula is C37H64O5. The van der Waals surface area contributed by atoms with Crippen molar-refractivity contribution in [3.8, 4) is 0 Å². The van der Waals surface area contributed by atoms with Gasteiger partial charge in [0.2, 0.25) is 0 Å². The van der Waals surface area contributed by atoms with E-state index in [0.717, 1.165) is 18.4 Å². The third kappa shape index (κ3) is 13.8. The minimum atomic E-state index is -0.0973. The molecule has 0 bridgehead atoms. The summed E-state index contributed by atoms with van der Waals surface area (Å²) in [7, 11) is 0. The van der Waals surface area contributed by atoms with Crippen LogP contribution in [-0.4, -0.2) is 48.7 Å². The van der Waals surface area contributed by atoms with Crippen LogP contribution in [0.25, 0.3) is 0 Å². The van der Waals surface area contributed by atoms with Crippen LogP contribution in [0.1, 0.15) is 174 Å². The van der Waals surface area contributed by atoms with E-state index in [-0.39, 0.29) is 12.1 Å². The number of epoxide rings is 3. The molecule has 3 saturated heterocycles. The largest absolute Gasteiger partial charge is 0.455 e. The summed E-state index contributed by atoms with van der Waals surface area (Å²) < 4.78 is 23.0. The highest BCUT2D eigenvalue weighted by Crippen LogP contribution is 2.39. The topological polar surface area (TPSA) is 63.9 Å². The number of esters is 1. The Balaban J connectivity index is 0.840. The van der Waals surface area contributed by atoms with Gasteiger partial charge in [0.1, 0.15) is 6.10 Å². The number of cyclic esters (lactones) is 1. The van der Waals surface area contributed by atoms with Crippen LogP contribution in [0.4, 0.5) is 0 Å². The Kier molecular flexibility index (Phi) is 15.7. The molecule has 0 saturated carbocycles. The van der Waals surface area contributed by atoms with Gasteiger partial charge in [0, 0.05) is 5.57 Å². The molecule has 5 heteroatoms. The van der Waals surface area contributed by atoms with Crippen molar-refractivity contribution in [1.29, 1.82) is 0 Å². The van der Waals surface area contributed by atoms with Crippen molar-refractivity contribution < 1.29 is 23.7 Å². The minimum Gasteiger partial charge on any atom is -0.455 e. The van der Waals surface area contributed by atoms with Gasteiger partial charge in [-0.05, 0) is 64.4 Å². The van der Waals surface area contributed by atoms with Crippen molar-refractivity contribution in [1.82, 2.24) is 0 Å². The van der Waals surface area contributed by atoms with Crippen LogP contribution in [0.2, 0.25) is 0 Å². The molecule has 4 aliphatic rings. The lowest BCUT2D eigenvalue weighted by Crippen LogP contribution is -2.03. The summed E-state index contributed by atoms with van der Waals surface area (Å²) in [5.41, 5.74) is 0.892. The van der Waals surface area contributed by atoms with Gasteiger partial charge in [0.05, 0.1) is 36.6 Å². The van der Waals surface area contributed by atoms with Gasteiger partial charge >= 0.3 is 5.97 Å². The van der Waals surface area contributed by atoms with E-state index in [1.807, 2.05) is 13.0 Å². The van der Waals surface area contributed by atoms with E-state index in [2.05, 4.69) is 6.92 Å². The molecule has 7 atom stereocenters. The van der Waals surface area contributed by atoms with Gasteiger partial charge in [-0.1, -0.05) is 116 Å². The minimum absolute atomic E-state index is 0.0262. The highest BCUT2D eigenvalue weighted by Gasteiger charge is 2.45. The van der Waals surface area contributed by atoms with E-state index >= 15 is 0 Å². The Labute approximate surface area is 258 Å². The first-order valence-electron chi connectivity index (χ1n) is 18.5. The first-order chi connectivity index (χ1) is 20.6. The number of unbranched alkanes of at least 4 members (excludes halogenated alkanes) is 16. The highest BCUT2D eigenvalue weighted by molar-refractivity contribution is 5.90. The lowest BCUT2D eigenvalue weighted by Gasteiger charge is -2.03. The van der Waals surface area contributed by atoms with Crippen LogP contribution in [0, 0.1) is 0 Å². The van der Waals surface area contributed by atoms with Crippen LogP contribution < -0.4 is 0 Å². The molecule has 0 amide bonds. The average Bonchev–Trinajstić information content (AvgIpc) is 3.90. The normalized spacial score (nSPS) is 29.5. The molecular weight excluding hydrogens is 524 g/mol. The van der Waals surface area contributed by atoms with Gasteiger partial charge in [-0.2, -0.15) is 0 Å². The van der Waals surface area contributed by atoms with Crippen molar-refractivity contribution in [2.45, 2.75) is 217 Å². The first-order valence-corrected chi connectivity index (χ1v) is 18.5.